The van der Waals surface area contributed by atoms with E-state index in [1.54, 1.807) is 72.3 Å². The molecule has 8 nitrogen and oxygen atoms in total. The second kappa shape index (κ2) is 8.79. The van der Waals surface area contributed by atoms with E-state index in [0.717, 1.165) is 11.1 Å². The van der Waals surface area contributed by atoms with Crippen LogP contribution in [0.15, 0.2) is 77.4 Å². The molecule has 0 saturated carbocycles. The normalized spacial score (nSPS) is 17.2. The van der Waals surface area contributed by atoms with Crippen molar-refractivity contribution in [3.63, 3.8) is 0 Å². The van der Waals surface area contributed by atoms with Crippen molar-refractivity contribution in [2.45, 2.75) is 32.5 Å². The molecule has 178 valence electrons. The molecule has 5 rings (SSSR count). The lowest BCUT2D eigenvalue weighted by atomic mass is 9.93. The summed E-state index contributed by atoms with van der Waals surface area (Å²) in [7, 11) is 1.58. The highest BCUT2D eigenvalue weighted by Crippen LogP contribution is 2.35. The third-order valence-corrected chi connectivity index (χ3v) is 6.45. The maximum Gasteiger partial charge on any atom is 0.277 e. The van der Waals surface area contributed by atoms with Crippen LogP contribution in [-0.2, 0) is 17.9 Å². The highest BCUT2D eigenvalue weighted by atomic mass is 16.5. The Kier molecular flexibility index (Phi) is 5.64. The van der Waals surface area contributed by atoms with Gasteiger partial charge in [0.2, 0.25) is 5.91 Å². The molecule has 2 amide bonds. The minimum Gasteiger partial charge on any atom is -0.497 e. The summed E-state index contributed by atoms with van der Waals surface area (Å²) in [6.07, 6.45) is 1.56. The molecule has 0 fully saturated rings. The van der Waals surface area contributed by atoms with Crippen LogP contribution in [-0.4, -0.2) is 34.2 Å². The second-order valence-electron chi connectivity index (χ2n) is 8.77. The summed E-state index contributed by atoms with van der Waals surface area (Å²) in [5, 5.41) is 7.63. The van der Waals surface area contributed by atoms with E-state index in [0.29, 0.717) is 35.1 Å². The topological polar surface area (TPSA) is 89.6 Å². The van der Waals surface area contributed by atoms with E-state index < -0.39 is 5.54 Å². The molecule has 35 heavy (non-hydrogen) atoms. The Balaban J connectivity index is 1.53. The van der Waals surface area contributed by atoms with E-state index in [9.17, 15) is 9.59 Å². The predicted molar refractivity (Wildman–Crippen MR) is 131 cm³/mol. The number of aromatic nitrogens is 2. The van der Waals surface area contributed by atoms with Gasteiger partial charge in [0.05, 0.1) is 19.9 Å². The number of nitrogens with one attached hydrogen (secondary N) is 1. The van der Waals surface area contributed by atoms with E-state index >= 15 is 0 Å². The first-order chi connectivity index (χ1) is 16.9. The van der Waals surface area contributed by atoms with Crippen LogP contribution in [0.5, 0.6) is 5.75 Å². The smallest absolute Gasteiger partial charge is 0.277 e. The Morgan fingerprint density at radius 1 is 1.14 bits per heavy atom. The first-order valence-electron chi connectivity index (χ1n) is 11.3. The Bertz CT molecular complexity index is 1370. The van der Waals surface area contributed by atoms with Gasteiger partial charge in [-0.15, -0.1) is 0 Å². The fraction of sp³-hybridized carbons (Fsp3) is 0.222. The number of carbonyl (C=O) groups excluding carboxylic acids is 2. The van der Waals surface area contributed by atoms with Crippen LogP contribution >= 0.6 is 0 Å². The summed E-state index contributed by atoms with van der Waals surface area (Å²) in [6.45, 7) is 4.30. The van der Waals surface area contributed by atoms with Crippen molar-refractivity contribution in [2.24, 2.45) is 0 Å². The quantitative estimate of drug-likeness (QED) is 0.456. The van der Waals surface area contributed by atoms with Crippen LogP contribution in [0.2, 0.25) is 0 Å². The lowest BCUT2D eigenvalue weighted by Crippen LogP contribution is -2.64. The molecule has 0 unspecified atom stereocenters. The summed E-state index contributed by atoms with van der Waals surface area (Å²) >= 11 is 0. The molecule has 1 atom stereocenters. The highest BCUT2D eigenvalue weighted by Gasteiger charge is 2.49. The third-order valence-electron chi connectivity index (χ3n) is 6.45. The summed E-state index contributed by atoms with van der Waals surface area (Å²) in [6, 6.07) is 20.2. The van der Waals surface area contributed by atoms with Crippen molar-refractivity contribution in [1.29, 1.82) is 0 Å². The Morgan fingerprint density at radius 3 is 2.60 bits per heavy atom. The molecular formula is C27H26N4O4. The van der Waals surface area contributed by atoms with Gasteiger partial charge < -0.3 is 14.5 Å². The largest absolute Gasteiger partial charge is 0.497 e. The zero-order valence-corrected chi connectivity index (χ0v) is 19.8. The van der Waals surface area contributed by atoms with Crippen molar-refractivity contribution in [2.75, 3.05) is 12.0 Å². The van der Waals surface area contributed by atoms with Gasteiger partial charge in [0.15, 0.2) is 5.76 Å². The van der Waals surface area contributed by atoms with E-state index in [-0.39, 0.29) is 18.4 Å². The summed E-state index contributed by atoms with van der Waals surface area (Å²) in [5.41, 5.74) is 2.39. The highest BCUT2D eigenvalue weighted by molar-refractivity contribution is 6.12. The molecule has 3 heterocycles. The number of rotatable bonds is 6. The number of nitrogens with zero attached hydrogens (tertiary/aromatic N) is 3. The van der Waals surface area contributed by atoms with E-state index in [4.69, 9.17) is 9.15 Å². The molecule has 4 aromatic rings. The maximum atomic E-state index is 13.8. The Hall–Kier alpha value is -4.33. The Morgan fingerprint density at radius 2 is 1.91 bits per heavy atom. The van der Waals surface area contributed by atoms with E-state index in [1.165, 1.54) is 0 Å². The monoisotopic (exact) mass is 470 g/mol. The molecule has 8 heteroatoms. The van der Waals surface area contributed by atoms with Gasteiger partial charge in [0.1, 0.15) is 22.7 Å². The van der Waals surface area contributed by atoms with Crippen molar-refractivity contribution in [1.82, 2.24) is 15.1 Å². The van der Waals surface area contributed by atoms with Gasteiger partial charge in [0.25, 0.3) is 5.91 Å². The number of hydrogen-bond acceptors (Lipinski definition) is 5. The van der Waals surface area contributed by atoms with Gasteiger partial charge in [0, 0.05) is 18.3 Å². The lowest BCUT2D eigenvalue weighted by Gasteiger charge is -2.43. The molecule has 2 aromatic heterocycles. The molecule has 0 radical (unpaired) electrons. The SMILES string of the molecule is COc1ccc(N2C(=O)c3cc(-c4ccco4)nn3C[C@]2(C)C(=O)NCc2ccccc2C)cc1. The number of ether oxygens (including phenoxy) is 1. The van der Waals surface area contributed by atoms with Gasteiger partial charge in [-0.05, 0) is 61.4 Å². The lowest BCUT2D eigenvalue weighted by molar-refractivity contribution is -0.126. The van der Waals surface area contributed by atoms with Crippen LogP contribution in [0.1, 0.15) is 28.5 Å². The van der Waals surface area contributed by atoms with Gasteiger partial charge in [-0.1, -0.05) is 24.3 Å². The third kappa shape index (κ3) is 3.97. The molecule has 0 aliphatic carbocycles. The molecule has 1 aliphatic heterocycles. The molecule has 0 spiro atoms. The van der Waals surface area contributed by atoms with E-state index in [1.807, 2.05) is 31.2 Å². The van der Waals surface area contributed by atoms with Gasteiger partial charge in [-0.25, -0.2) is 0 Å². The summed E-state index contributed by atoms with van der Waals surface area (Å²) in [5.74, 6) is 0.626. The van der Waals surface area contributed by atoms with E-state index in [2.05, 4.69) is 10.4 Å². The fourth-order valence-corrected chi connectivity index (χ4v) is 4.44. The van der Waals surface area contributed by atoms with Crippen LogP contribution in [0.3, 0.4) is 0 Å². The number of hydrogen-bond donors (Lipinski definition) is 1. The van der Waals surface area contributed by atoms with Crippen molar-refractivity contribution >= 4 is 17.5 Å². The predicted octanol–water partition coefficient (Wildman–Crippen LogP) is 4.20. The van der Waals surface area contributed by atoms with Gasteiger partial charge >= 0.3 is 0 Å². The molecule has 2 aromatic carbocycles. The van der Waals surface area contributed by atoms with Gasteiger partial charge in [-0.2, -0.15) is 5.10 Å². The average Bonchev–Trinajstić information content (AvgIpc) is 3.54. The van der Waals surface area contributed by atoms with Crippen LogP contribution in [0.4, 0.5) is 5.69 Å². The summed E-state index contributed by atoms with van der Waals surface area (Å²) in [4.78, 5) is 29.1. The molecule has 0 saturated heterocycles. The zero-order valence-electron chi connectivity index (χ0n) is 19.8. The van der Waals surface area contributed by atoms with Crippen LogP contribution in [0, 0.1) is 6.92 Å². The number of anilines is 1. The second-order valence-corrected chi connectivity index (χ2v) is 8.77. The fourth-order valence-electron chi connectivity index (χ4n) is 4.44. The number of amides is 2. The number of carbonyl (C=O) groups is 2. The first kappa shape index (κ1) is 22.5. The Labute approximate surface area is 203 Å². The standard InChI is InChI=1S/C27H26N4O4/c1-18-7-4-5-8-19(18)16-28-26(33)27(2)17-30-23(15-22(29-30)24-9-6-14-35-24)25(32)31(27)20-10-12-21(34-3)13-11-20/h4-15H,16-17H2,1-3H3,(H,28,33)/t27-/m1/s1. The minimum atomic E-state index is -1.23. The number of furan rings is 1. The maximum absolute atomic E-state index is 13.8. The minimum absolute atomic E-state index is 0.181. The molecule has 1 N–H and O–H groups in total. The number of benzene rings is 2. The van der Waals surface area contributed by atoms with Crippen molar-refractivity contribution in [3.8, 4) is 17.2 Å². The van der Waals surface area contributed by atoms with Crippen LogP contribution < -0.4 is 15.0 Å². The first-order valence-corrected chi connectivity index (χ1v) is 11.3. The number of fused-ring (bicyclic) bond motifs is 1. The number of methoxy groups -OCH3 is 1. The van der Waals surface area contributed by atoms with Crippen molar-refractivity contribution in [3.05, 3.63) is 89.8 Å². The molecule has 1 aliphatic rings. The average molecular weight is 471 g/mol. The molecule has 0 bridgehead atoms. The summed E-state index contributed by atoms with van der Waals surface area (Å²) < 4.78 is 12.3. The zero-order chi connectivity index (χ0) is 24.6. The van der Waals surface area contributed by atoms with Gasteiger partial charge in [-0.3, -0.25) is 19.2 Å². The van der Waals surface area contributed by atoms with Crippen LogP contribution in [0.25, 0.3) is 11.5 Å². The number of aryl methyl sites for hydroxylation is 1. The molecular weight excluding hydrogens is 444 g/mol. The van der Waals surface area contributed by atoms with Crippen molar-refractivity contribution < 1.29 is 18.7 Å².